The summed E-state index contributed by atoms with van der Waals surface area (Å²) in [5, 5.41) is 14.3. The molecule has 0 saturated carbocycles. The van der Waals surface area contributed by atoms with Gasteiger partial charge in [-0.2, -0.15) is 0 Å². The van der Waals surface area contributed by atoms with Gasteiger partial charge in [-0.15, -0.1) is 0 Å². The molecule has 7 heteroatoms. The maximum absolute atomic E-state index is 13.9. The average Bonchev–Trinajstić information content (AvgIpc) is 3.42. The number of rotatable bonds is 11. The number of aryl methyl sites for hydroxylation is 1. The van der Waals surface area contributed by atoms with Gasteiger partial charge in [-0.25, -0.2) is 0 Å². The van der Waals surface area contributed by atoms with Gasteiger partial charge in [0.05, 0.1) is 18.2 Å². The van der Waals surface area contributed by atoms with Gasteiger partial charge in [-0.3, -0.25) is 9.59 Å². The van der Waals surface area contributed by atoms with Crippen LogP contribution in [-0.4, -0.2) is 72.6 Å². The lowest BCUT2D eigenvalue weighted by molar-refractivity contribution is -0.123. The van der Waals surface area contributed by atoms with E-state index in [1.165, 1.54) is 5.56 Å². The van der Waals surface area contributed by atoms with Crippen molar-refractivity contribution >= 4 is 28.3 Å². The highest BCUT2D eigenvalue weighted by atomic mass is 16.3. The average molecular weight is 553 g/mol. The van der Waals surface area contributed by atoms with Crippen molar-refractivity contribution in [2.24, 2.45) is 0 Å². The number of hydrogen-bond donors (Lipinski definition) is 3. The molecule has 2 atom stereocenters. The summed E-state index contributed by atoms with van der Waals surface area (Å²) in [5.41, 5.74) is 5.74. The summed E-state index contributed by atoms with van der Waals surface area (Å²) in [6.45, 7) is 1.17. The number of nitrogens with zero attached hydrogens (tertiary/aromatic N) is 2. The quantitative estimate of drug-likeness (QED) is 0.240. The molecule has 3 aromatic carbocycles. The molecule has 4 aromatic rings. The third-order valence-electron chi connectivity index (χ3n) is 7.98. The van der Waals surface area contributed by atoms with Gasteiger partial charge in [0.2, 0.25) is 5.91 Å². The number of carbonyl (C=O) groups is 2. The first-order valence-corrected chi connectivity index (χ1v) is 14.5. The number of aromatic amines is 1. The summed E-state index contributed by atoms with van der Waals surface area (Å²) < 4.78 is 0. The van der Waals surface area contributed by atoms with Crippen molar-refractivity contribution in [3.8, 4) is 0 Å². The van der Waals surface area contributed by atoms with Gasteiger partial charge < -0.3 is 25.2 Å². The third kappa shape index (κ3) is 6.69. The molecule has 0 bridgehead atoms. The van der Waals surface area contributed by atoms with Crippen LogP contribution < -0.4 is 10.2 Å². The fourth-order valence-corrected chi connectivity index (χ4v) is 5.84. The molecular formula is C34H40N4O3. The zero-order valence-electron chi connectivity index (χ0n) is 24.0. The van der Waals surface area contributed by atoms with Gasteiger partial charge >= 0.3 is 0 Å². The summed E-state index contributed by atoms with van der Waals surface area (Å²) in [6.07, 6.45) is 5.11. The fourth-order valence-electron chi connectivity index (χ4n) is 5.84. The van der Waals surface area contributed by atoms with Crippen molar-refractivity contribution in [2.75, 3.05) is 38.7 Å². The predicted octanol–water partition coefficient (Wildman–Crippen LogP) is 4.39. The van der Waals surface area contributed by atoms with Crippen LogP contribution in [0.1, 0.15) is 39.9 Å². The lowest BCUT2D eigenvalue weighted by atomic mass is 9.97. The minimum Gasteiger partial charge on any atom is -0.394 e. The number of hydrogen-bond acceptors (Lipinski definition) is 5. The Balaban J connectivity index is 1.60. The number of aliphatic hydroxyl groups is 1. The van der Waals surface area contributed by atoms with Gasteiger partial charge in [0.15, 0.2) is 5.78 Å². The molecule has 214 valence electrons. The minimum atomic E-state index is -0.485. The zero-order valence-corrected chi connectivity index (χ0v) is 24.0. The van der Waals surface area contributed by atoms with E-state index in [2.05, 4.69) is 51.6 Å². The Morgan fingerprint density at radius 2 is 1.71 bits per heavy atom. The topological polar surface area (TPSA) is 88.7 Å². The minimum absolute atomic E-state index is 0.0860. The van der Waals surface area contributed by atoms with Crippen molar-refractivity contribution in [3.05, 3.63) is 101 Å². The van der Waals surface area contributed by atoms with Crippen molar-refractivity contribution in [1.29, 1.82) is 0 Å². The highest BCUT2D eigenvalue weighted by molar-refractivity contribution is 6.11. The van der Waals surface area contributed by atoms with E-state index in [1.54, 1.807) is 0 Å². The maximum Gasteiger partial charge on any atom is 0.243 e. The third-order valence-corrected chi connectivity index (χ3v) is 7.98. The Bertz CT molecular complexity index is 1470. The number of H-pyrrole nitrogens is 1. The van der Waals surface area contributed by atoms with Crippen LogP contribution in [-0.2, 0) is 24.1 Å². The number of nitrogens with one attached hydrogen (secondary N) is 2. The van der Waals surface area contributed by atoms with Crippen molar-refractivity contribution in [3.63, 3.8) is 0 Å². The smallest absolute Gasteiger partial charge is 0.243 e. The molecule has 1 aromatic heterocycles. The number of aliphatic hydroxyl groups excluding tert-OH is 1. The van der Waals surface area contributed by atoms with Crippen LogP contribution in [0, 0.1) is 0 Å². The van der Waals surface area contributed by atoms with Crippen LogP contribution in [0.4, 0.5) is 5.69 Å². The zero-order chi connectivity index (χ0) is 28.8. The summed E-state index contributed by atoms with van der Waals surface area (Å²) in [6, 6.07) is 23.5. The lowest BCUT2D eigenvalue weighted by Gasteiger charge is -2.34. The summed E-state index contributed by atoms with van der Waals surface area (Å²) in [4.78, 5) is 34.9. The monoisotopic (exact) mass is 552 g/mol. The molecule has 0 saturated heterocycles. The van der Waals surface area contributed by atoms with Crippen LogP contribution in [0.5, 0.6) is 0 Å². The Labute approximate surface area is 242 Å². The van der Waals surface area contributed by atoms with Gasteiger partial charge in [0, 0.05) is 48.8 Å². The normalized spacial score (nSPS) is 17.3. The van der Waals surface area contributed by atoms with Crippen LogP contribution >= 0.6 is 0 Å². The second-order valence-corrected chi connectivity index (χ2v) is 11.3. The standard InChI is InChI=1S/C34H40N4O3/c1-37(2)19-17-31(40)28-15-16-29-32-26(22-35-33(28)32)21-27(23-39)36-34(41)30(20-25-12-7-4-8-13-25)38(29)18-9-14-24-10-5-3-6-11-24/h3-8,10-13,15-16,22,27,30,35,39H,9,14,17-21,23H2,1-2H3,(H,36,41)/t27-,30-/m0/s1. The molecule has 0 aliphatic carbocycles. The molecule has 2 heterocycles. The molecule has 3 N–H and O–H groups in total. The van der Waals surface area contributed by atoms with Crippen LogP contribution in [0.25, 0.3) is 10.9 Å². The molecule has 0 unspecified atom stereocenters. The van der Waals surface area contributed by atoms with Crippen LogP contribution in [0.2, 0.25) is 0 Å². The SMILES string of the molecule is CN(C)CCC(=O)c1ccc2c3c(c[nH]c13)C[C@@H](CO)NC(=O)[C@H](Cc1ccccc1)N2CCCc1ccccc1. The van der Waals surface area contributed by atoms with Gasteiger partial charge in [0.1, 0.15) is 6.04 Å². The highest BCUT2D eigenvalue weighted by Crippen LogP contribution is 2.36. The van der Waals surface area contributed by atoms with Gasteiger partial charge in [0.25, 0.3) is 0 Å². The molecule has 0 fully saturated rings. The van der Waals surface area contributed by atoms with E-state index in [0.29, 0.717) is 37.9 Å². The molecular weight excluding hydrogens is 512 g/mol. The molecule has 7 nitrogen and oxygen atoms in total. The first kappa shape index (κ1) is 28.6. The summed E-state index contributed by atoms with van der Waals surface area (Å²) in [7, 11) is 3.93. The molecule has 0 spiro atoms. The number of ketones is 1. The summed E-state index contributed by atoms with van der Waals surface area (Å²) in [5.74, 6) is -0.0103. The Hall–Kier alpha value is -3.94. The second-order valence-electron chi connectivity index (χ2n) is 11.3. The Morgan fingerprint density at radius 1 is 1.00 bits per heavy atom. The number of benzene rings is 3. The molecule has 1 aliphatic rings. The van der Waals surface area contributed by atoms with Gasteiger partial charge in [-0.1, -0.05) is 60.7 Å². The first-order valence-electron chi connectivity index (χ1n) is 14.5. The number of aromatic nitrogens is 1. The number of Topliss-reactive ketones (excluding diaryl/α,β-unsaturated/α-hetero) is 1. The van der Waals surface area contributed by atoms with E-state index < -0.39 is 12.1 Å². The maximum atomic E-state index is 13.9. The number of anilines is 1. The first-order chi connectivity index (χ1) is 19.9. The molecule has 1 aliphatic heterocycles. The molecule has 1 amide bonds. The van der Waals surface area contributed by atoms with Crippen molar-refractivity contribution in [1.82, 2.24) is 15.2 Å². The Kier molecular flexibility index (Phi) is 9.17. The largest absolute Gasteiger partial charge is 0.394 e. The number of carbonyl (C=O) groups excluding carboxylic acids is 2. The summed E-state index contributed by atoms with van der Waals surface area (Å²) >= 11 is 0. The fraction of sp³-hybridized carbons (Fsp3) is 0.353. The van der Waals surface area contributed by atoms with E-state index in [9.17, 15) is 14.7 Å². The second kappa shape index (κ2) is 13.1. The van der Waals surface area contributed by atoms with Crippen LogP contribution in [0.15, 0.2) is 79.0 Å². The van der Waals surface area contributed by atoms with E-state index in [0.717, 1.165) is 40.6 Å². The molecule has 0 radical (unpaired) electrons. The van der Waals surface area contributed by atoms with E-state index >= 15 is 0 Å². The van der Waals surface area contributed by atoms with E-state index in [-0.39, 0.29) is 18.3 Å². The molecule has 5 rings (SSSR count). The van der Waals surface area contributed by atoms with E-state index in [4.69, 9.17) is 0 Å². The Morgan fingerprint density at radius 3 is 2.39 bits per heavy atom. The van der Waals surface area contributed by atoms with Crippen molar-refractivity contribution in [2.45, 2.75) is 44.2 Å². The van der Waals surface area contributed by atoms with Crippen LogP contribution in [0.3, 0.4) is 0 Å². The highest BCUT2D eigenvalue weighted by Gasteiger charge is 2.32. The van der Waals surface area contributed by atoms with E-state index in [1.807, 2.05) is 61.6 Å². The molecule has 41 heavy (non-hydrogen) atoms. The number of amides is 1. The predicted molar refractivity (Wildman–Crippen MR) is 165 cm³/mol. The van der Waals surface area contributed by atoms with Crippen molar-refractivity contribution < 1.29 is 14.7 Å². The van der Waals surface area contributed by atoms with Gasteiger partial charge in [-0.05, 0) is 62.2 Å². The lowest BCUT2D eigenvalue weighted by Crippen LogP contribution is -2.52.